The summed E-state index contributed by atoms with van der Waals surface area (Å²) in [6.45, 7) is 1.08. The van der Waals surface area contributed by atoms with E-state index < -0.39 is 9.84 Å². The highest BCUT2D eigenvalue weighted by atomic mass is 32.2. The second-order valence-corrected chi connectivity index (χ2v) is 7.08. The van der Waals surface area contributed by atoms with Crippen molar-refractivity contribution >= 4 is 15.5 Å². The van der Waals surface area contributed by atoms with Crippen LogP contribution in [-0.2, 0) is 9.84 Å². The first-order valence-corrected chi connectivity index (χ1v) is 8.60. The van der Waals surface area contributed by atoms with Gasteiger partial charge in [-0.2, -0.15) is 0 Å². The maximum Gasteiger partial charge on any atom is 0.177 e. The van der Waals surface area contributed by atoms with Gasteiger partial charge in [0.05, 0.1) is 10.6 Å². The molecule has 0 bridgehead atoms. The molecule has 1 aromatic carbocycles. The Morgan fingerprint density at radius 3 is 2.79 bits per heavy atom. The van der Waals surface area contributed by atoms with Crippen LogP contribution in [0, 0.1) is 0 Å². The van der Waals surface area contributed by atoms with Crippen LogP contribution < -0.4 is 4.90 Å². The monoisotopic (exact) mass is 283 g/mol. The average Bonchev–Trinajstić information content (AvgIpc) is 2.83. The van der Waals surface area contributed by atoms with Gasteiger partial charge in [-0.1, -0.05) is 12.1 Å². The second-order valence-electron chi connectivity index (χ2n) is 5.10. The summed E-state index contributed by atoms with van der Waals surface area (Å²) < 4.78 is 23.7. The van der Waals surface area contributed by atoms with E-state index in [1.807, 2.05) is 12.1 Å². The van der Waals surface area contributed by atoms with Crippen molar-refractivity contribution in [3.8, 4) is 0 Å². The molecule has 0 aliphatic carbocycles. The highest BCUT2D eigenvalue weighted by Crippen LogP contribution is 2.32. The summed E-state index contributed by atoms with van der Waals surface area (Å²) in [6.07, 6.45) is 5.08. The first-order chi connectivity index (χ1) is 9.04. The quantitative estimate of drug-likeness (QED) is 0.895. The van der Waals surface area contributed by atoms with Crippen molar-refractivity contribution in [2.45, 2.75) is 36.6 Å². The van der Waals surface area contributed by atoms with Crippen molar-refractivity contribution in [1.29, 1.82) is 0 Å². The minimum Gasteiger partial charge on any atom is -0.396 e. The number of para-hydroxylation sites is 1. The van der Waals surface area contributed by atoms with Gasteiger partial charge in [0, 0.05) is 25.4 Å². The topological polar surface area (TPSA) is 57.6 Å². The number of aliphatic hydroxyl groups is 1. The van der Waals surface area contributed by atoms with Gasteiger partial charge in [0.25, 0.3) is 0 Å². The molecule has 1 aliphatic rings. The van der Waals surface area contributed by atoms with Crippen LogP contribution in [0.4, 0.5) is 5.69 Å². The number of benzene rings is 1. The molecule has 0 aromatic heterocycles. The molecule has 106 valence electrons. The summed E-state index contributed by atoms with van der Waals surface area (Å²) in [5.41, 5.74) is 0.811. The van der Waals surface area contributed by atoms with E-state index in [2.05, 4.69) is 4.90 Å². The summed E-state index contributed by atoms with van der Waals surface area (Å²) in [5, 5.41) is 8.95. The molecule has 5 heteroatoms. The molecule has 1 fully saturated rings. The maximum absolute atomic E-state index is 11.9. The second kappa shape index (κ2) is 5.92. The Balaban J connectivity index is 2.31. The van der Waals surface area contributed by atoms with Crippen molar-refractivity contribution in [2.24, 2.45) is 0 Å². The number of nitrogens with zero attached hydrogens (tertiary/aromatic N) is 1. The molecule has 19 heavy (non-hydrogen) atoms. The van der Waals surface area contributed by atoms with Crippen LogP contribution in [0.2, 0.25) is 0 Å². The van der Waals surface area contributed by atoms with Crippen molar-refractivity contribution in [1.82, 2.24) is 0 Å². The largest absolute Gasteiger partial charge is 0.396 e. The zero-order valence-corrected chi connectivity index (χ0v) is 12.1. The number of hydrogen-bond acceptors (Lipinski definition) is 4. The smallest absolute Gasteiger partial charge is 0.177 e. The summed E-state index contributed by atoms with van der Waals surface area (Å²) in [7, 11) is -3.21. The lowest BCUT2D eigenvalue weighted by Gasteiger charge is -2.28. The van der Waals surface area contributed by atoms with Crippen molar-refractivity contribution < 1.29 is 13.5 Å². The predicted octanol–water partition coefficient (Wildman–Crippen LogP) is 1.83. The third-order valence-electron chi connectivity index (χ3n) is 3.65. The van der Waals surface area contributed by atoms with Gasteiger partial charge in [-0.05, 0) is 37.8 Å². The number of sulfone groups is 1. The van der Waals surface area contributed by atoms with E-state index in [4.69, 9.17) is 5.11 Å². The Hall–Kier alpha value is -1.07. The number of rotatable bonds is 5. The van der Waals surface area contributed by atoms with E-state index in [1.165, 1.54) is 6.26 Å². The Morgan fingerprint density at radius 1 is 1.37 bits per heavy atom. The highest BCUT2D eigenvalue weighted by molar-refractivity contribution is 7.90. The van der Waals surface area contributed by atoms with Gasteiger partial charge in [-0.3, -0.25) is 0 Å². The molecule has 0 amide bonds. The normalized spacial score (nSPS) is 19.9. The molecular weight excluding hydrogens is 262 g/mol. The van der Waals surface area contributed by atoms with Gasteiger partial charge < -0.3 is 10.0 Å². The fourth-order valence-electron chi connectivity index (χ4n) is 2.79. The summed E-state index contributed by atoms with van der Waals surface area (Å²) in [4.78, 5) is 2.59. The van der Waals surface area contributed by atoms with E-state index >= 15 is 0 Å². The Bertz CT molecular complexity index is 527. The molecule has 1 heterocycles. The van der Waals surface area contributed by atoms with Gasteiger partial charge in [-0.15, -0.1) is 0 Å². The Morgan fingerprint density at radius 2 is 2.11 bits per heavy atom. The zero-order valence-electron chi connectivity index (χ0n) is 11.2. The molecule has 1 atom stereocenters. The van der Waals surface area contributed by atoms with Crippen molar-refractivity contribution in [2.75, 3.05) is 24.3 Å². The molecule has 1 unspecified atom stereocenters. The van der Waals surface area contributed by atoms with E-state index in [0.29, 0.717) is 10.9 Å². The van der Waals surface area contributed by atoms with Crippen molar-refractivity contribution in [3.05, 3.63) is 24.3 Å². The lowest BCUT2D eigenvalue weighted by Crippen LogP contribution is -2.30. The first-order valence-electron chi connectivity index (χ1n) is 6.70. The molecule has 1 saturated heterocycles. The molecule has 1 aromatic rings. The van der Waals surface area contributed by atoms with Gasteiger partial charge in [-0.25, -0.2) is 8.42 Å². The summed E-state index contributed by atoms with van der Waals surface area (Å²) in [6, 6.07) is 7.54. The number of hydrogen-bond donors (Lipinski definition) is 1. The van der Waals surface area contributed by atoms with E-state index in [0.717, 1.165) is 37.9 Å². The van der Waals surface area contributed by atoms with Crippen LogP contribution in [0.25, 0.3) is 0 Å². The third-order valence-corrected chi connectivity index (χ3v) is 4.79. The van der Waals surface area contributed by atoms with Gasteiger partial charge in [0.2, 0.25) is 0 Å². The molecule has 0 saturated carbocycles. The first kappa shape index (κ1) is 14.3. The molecule has 2 rings (SSSR count). The molecular formula is C14H21NO3S. The Labute approximate surface area is 115 Å². The summed E-state index contributed by atoms with van der Waals surface area (Å²) >= 11 is 0. The fraction of sp³-hybridized carbons (Fsp3) is 0.571. The van der Waals surface area contributed by atoms with Crippen LogP contribution in [0.5, 0.6) is 0 Å². The number of aliphatic hydroxyl groups excluding tert-OH is 1. The van der Waals surface area contributed by atoms with Crippen LogP contribution in [0.1, 0.15) is 25.7 Å². The highest BCUT2D eigenvalue weighted by Gasteiger charge is 2.27. The standard InChI is InChI=1S/C14H21NO3S/c1-19(17,18)14-9-3-2-8-13(14)15-10-4-6-12(15)7-5-11-16/h2-3,8-9,12,16H,4-7,10-11H2,1H3. The minimum atomic E-state index is -3.21. The summed E-state index contributed by atoms with van der Waals surface area (Å²) in [5.74, 6) is 0. The van der Waals surface area contributed by atoms with Gasteiger partial charge in [0.15, 0.2) is 9.84 Å². The van der Waals surface area contributed by atoms with Gasteiger partial charge >= 0.3 is 0 Å². The molecule has 1 N–H and O–H groups in total. The van der Waals surface area contributed by atoms with Crippen molar-refractivity contribution in [3.63, 3.8) is 0 Å². The lowest BCUT2D eigenvalue weighted by atomic mass is 10.1. The average molecular weight is 283 g/mol. The maximum atomic E-state index is 11.9. The predicted molar refractivity (Wildman–Crippen MR) is 76.2 cm³/mol. The zero-order chi connectivity index (χ0) is 13.9. The molecule has 4 nitrogen and oxygen atoms in total. The molecule has 0 spiro atoms. The minimum absolute atomic E-state index is 0.193. The fourth-order valence-corrected chi connectivity index (χ4v) is 3.68. The Kier molecular flexibility index (Phi) is 4.47. The number of anilines is 1. The third kappa shape index (κ3) is 3.28. The van der Waals surface area contributed by atoms with E-state index in [1.54, 1.807) is 12.1 Å². The molecule has 1 aliphatic heterocycles. The lowest BCUT2D eigenvalue weighted by molar-refractivity contribution is 0.279. The van der Waals surface area contributed by atoms with Crippen LogP contribution >= 0.6 is 0 Å². The van der Waals surface area contributed by atoms with E-state index in [9.17, 15) is 8.42 Å². The van der Waals surface area contributed by atoms with Crippen LogP contribution in [0.15, 0.2) is 29.2 Å². The SMILES string of the molecule is CS(=O)(=O)c1ccccc1N1CCCC1CCCO. The van der Waals surface area contributed by atoms with Crippen LogP contribution in [0.3, 0.4) is 0 Å². The molecule has 0 radical (unpaired) electrons. The van der Waals surface area contributed by atoms with Crippen LogP contribution in [-0.4, -0.2) is 39.0 Å². The van der Waals surface area contributed by atoms with Gasteiger partial charge in [0.1, 0.15) is 0 Å². The van der Waals surface area contributed by atoms with E-state index in [-0.39, 0.29) is 6.61 Å².